The Morgan fingerprint density at radius 3 is 2.64 bits per heavy atom. The van der Waals surface area contributed by atoms with E-state index in [1.165, 1.54) is 6.08 Å². The highest BCUT2D eigenvalue weighted by atomic mass is 32.2. The molecule has 2 amide bonds. The molecular formula is C26H35N3O6S. The third-order valence-corrected chi connectivity index (χ3v) is 6.94. The molecule has 0 saturated carbocycles. The highest BCUT2D eigenvalue weighted by Crippen LogP contribution is 2.28. The Kier molecular flexibility index (Phi) is 8.94. The fraction of sp³-hybridized carbons (Fsp3) is 0.500. The average Bonchev–Trinajstić information content (AvgIpc) is 3.42. The molecule has 0 radical (unpaired) electrons. The molecule has 36 heavy (non-hydrogen) atoms. The quantitative estimate of drug-likeness (QED) is 0.371. The van der Waals surface area contributed by atoms with Gasteiger partial charge >= 0.3 is 0 Å². The van der Waals surface area contributed by atoms with E-state index in [0.29, 0.717) is 30.8 Å². The number of sulfone groups is 1. The monoisotopic (exact) mass is 517 g/mol. The Bertz CT molecular complexity index is 1250. The summed E-state index contributed by atoms with van der Waals surface area (Å²) in [6, 6.07) is 6.58. The van der Waals surface area contributed by atoms with Gasteiger partial charge in [-0.25, -0.2) is 8.42 Å². The number of benzene rings is 1. The van der Waals surface area contributed by atoms with Crippen LogP contribution in [0.4, 0.5) is 0 Å². The zero-order valence-electron chi connectivity index (χ0n) is 21.2. The normalized spacial score (nSPS) is 17.9. The van der Waals surface area contributed by atoms with Crippen molar-refractivity contribution in [3.8, 4) is 5.75 Å². The van der Waals surface area contributed by atoms with Gasteiger partial charge in [0.1, 0.15) is 5.75 Å². The highest BCUT2D eigenvalue weighted by molar-refractivity contribution is 7.93. The number of methoxy groups -OCH3 is 1. The third-order valence-electron chi connectivity index (χ3n) is 6.29. The summed E-state index contributed by atoms with van der Waals surface area (Å²) in [6.45, 7) is 4.50. The Morgan fingerprint density at radius 1 is 1.28 bits per heavy atom. The summed E-state index contributed by atoms with van der Waals surface area (Å²) in [6.07, 6.45) is 3.86. The average molecular weight is 518 g/mol. The lowest BCUT2D eigenvalue weighted by Crippen LogP contribution is -2.41. The predicted octanol–water partition coefficient (Wildman–Crippen LogP) is 2.98. The second-order valence-corrected chi connectivity index (χ2v) is 11.8. The maximum atomic E-state index is 13.3. The third kappa shape index (κ3) is 7.43. The van der Waals surface area contributed by atoms with Crippen molar-refractivity contribution >= 4 is 38.3 Å². The van der Waals surface area contributed by atoms with Crippen molar-refractivity contribution in [3.05, 3.63) is 41.4 Å². The lowest BCUT2D eigenvalue weighted by atomic mass is 9.90. The lowest BCUT2D eigenvalue weighted by Gasteiger charge is -2.23. The number of carbonyl (C=O) groups is 3. The Balaban J connectivity index is 1.78. The highest BCUT2D eigenvalue weighted by Gasteiger charge is 2.30. The summed E-state index contributed by atoms with van der Waals surface area (Å²) in [5.41, 5.74) is 1.16. The molecule has 1 fully saturated rings. The molecular weight excluding hydrogens is 482 g/mol. The van der Waals surface area contributed by atoms with Gasteiger partial charge in [0, 0.05) is 53.4 Å². The van der Waals surface area contributed by atoms with Crippen molar-refractivity contribution in [1.82, 2.24) is 15.6 Å². The summed E-state index contributed by atoms with van der Waals surface area (Å²) in [5, 5.41) is 7.49. The topological polar surface area (TPSA) is 134 Å². The number of Topliss-reactive ketones (excluding diaryl/α,β-unsaturated/α-hetero) is 1. The van der Waals surface area contributed by atoms with E-state index in [1.54, 1.807) is 13.2 Å². The van der Waals surface area contributed by atoms with Crippen LogP contribution in [0.2, 0.25) is 0 Å². The van der Waals surface area contributed by atoms with Crippen LogP contribution in [0.15, 0.2) is 35.7 Å². The summed E-state index contributed by atoms with van der Waals surface area (Å²) in [4.78, 5) is 41.7. The van der Waals surface area contributed by atoms with Crippen LogP contribution >= 0.6 is 0 Å². The number of hydrogen-bond acceptors (Lipinski definition) is 6. The van der Waals surface area contributed by atoms with Gasteiger partial charge in [0.05, 0.1) is 12.8 Å². The SMILES string of the molecule is COc1cccc2[nH]c(C(=O)C[C@@H](CC(C)C)C(=O)N[C@H](/C=C/S(C)(=O)=O)C[C@@H]3CCNC3=O)cc12. The van der Waals surface area contributed by atoms with Crippen LogP contribution in [-0.4, -0.2) is 57.0 Å². The first-order valence-corrected chi connectivity index (χ1v) is 14.1. The predicted molar refractivity (Wildman–Crippen MR) is 138 cm³/mol. The van der Waals surface area contributed by atoms with E-state index in [0.717, 1.165) is 22.6 Å². The fourth-order valence-corrected chi connectivity index (χ4v) is 5.02. The van der Waals surface area contributed by atoms with E-state index in [-0.39, 0.29) is 42.3 Å². The molecule has 1 aromatic heterocycles. The van der Waals surface area contributed by atoms with Crippen LogP contribution in [0.5, 0.6) is 5.75 Å². The number of hydrogen-bond donors (Lipinski definition) is 3. The number of carbonyl (C=O) groups excluding carboxylic acids is 3. The second-order valence-electron chi connectivity index (χ2n) is 9.84. The van der Waals surface area contributed by atoms with Gasteiger partial charge in [-0.05, 0) is 43.4 Å². The van der Waals surface area contributed by atoms with Crippen molar-refractivity contribution in [3.63, 3.8) is 0 Å². The van der Waals surface area contributed by atoms with E-state index >= 15 is 0 Å². The summed E-state index contributed by atoms with van der Waals surface area (Å²) in [7, 11) is -1.85. The number of nitrogens with one attached hydrogen (secondary N) is 3. The zero-order chi connectivity index (χ0) is 26.5. The molecule has 3 atom stereocenters. The molecule has 2 heterocycles. The summed E-state index contributed by atoms with van der Waals surface area (Å²) < 4.78 is 28.7. The Hall–Kier alpha value is -3.14. The van der Waals surface area contributed by atoms with Gasteiger partial charge in [0.25, 0.3) is 0 Å². The van der Waals surface area contributed by atoms with Gasteiger partial charge in [-0.2, -0.15) is 0 Å². The number of aromatic nitrogens is 1. The number of amides is 2. The van der Waals surface area contributed by atoms with Gasteiger partial charge in [-0.3, -0.25) is 14.4 Å². The van der Waals surface area contributed by atoms with Crippen molar-refractivity contribution in [2.24, 2.45) is 17.8 Å². The molecule has 1 saturated heterocycles. The molecule has 2 aromatic rings. The van der Waals surface area contributed by atoms with Gasteiger partial charge in [-0.15, -0.1) is 0 Å². The number of ketones is 1. The van der Waals surface area contributed by atoms with Crippen LogP contribution in [0.3, 0.4) is 0 Å². The lowest BCUT2D eigenvalue weighted by molar-refractivity contribution is -0.127. The molecule has 9 nitrogen and oxygen atoms in total. The van der Waals surface area contributed by atoms with Crippen LogP contribution < -0.4 is 15.4 Å². The Labute approximate surface area is 212 Å². The van der Waals surface area contributed by atoms with Gasteiger partial charge < -0.3 is 20.4 Å². The van der Waals surface area contributed by atoms with Crippen molar-refractivity contribution < 1.29 is 27.5 Å². The van der Waals surface area contributed by atoms with E-state index in [4.69, 9.17) is 4.74 Å². The van der Waals surface area contributed by atoms with Crippen LogP contribution in [-0.2, 0) is 19.4 Å². The van der Waals surface area contributed by atoms with E-state index in [1.807, 2.05) is 32.0 Å². The van der Waals surface area contributed by atoms with Crippen molar-refractivity contribution in [2.75, 3.05) is 19.9 Å². The maximum absolute atomic E-state index is 13.3. The first-order chi connectivity index (χ1) is 17.0. The zero-order valence-corrected chi connectivity index (χ0v) is 22.0. The van der Waals surface area contributed by atoms with Crippen molar-refractivity contribution in [1.29, 1.82) is 0 Å². The first-order valence-electron chi connectivity index (χ1n) is 12.1. The molecule has 3 rings (SSSR count). The molecule has 10 heteroatoms. The molecule has 1 aromatic carbocycles. The molecule has 0 spiro atoms. The number of rotatable bonds is 12. The molecule has 0 bridgehead atoms. The van der Waals surface area contributed by atoms with E-state index in [2.05, 4.69) is 15.6 Å². The minimum absolute atomic E-state index is 0.00836. The molecule has 3 N–H and O–H groups in total. The minimum Gasteiger partial charge on any atom is -0.496 e. The van der Waals surface area contributed by atoms with Crippen LogP contribution in [0.25, 0.3) is 10.9 Å². The number of aromatic amines is 1. The number of H-pyrrole nitrogens is 1. The van der Waals surface area contributed by atoms with Gasteiger partial charge in [0.2, 0.25) is 11.8 Å². The largest absolute Gasteiger partial charge is 0.496 e. The minimum atomic E-state index is -3.42. The number of fused-ring (bicyclic) bond motifs is 1. The molecule has 1 aliphatic heterocycles. The maximum Gasteiger partial charge on any atom is 0.224 e. The second kappa shape index (κ2) is 11.7. The van der Waals surface area contributed by atoms with Crippen LogP contribution in [0, 0.1) is 17.8 Å². The smallest absolute Gasteiger partial charge is 0.224 e. The van der Waals surface area contributed by atoms with Gasteiger partial charge in [0.15, 0.2) is 15.6 Å². The van der Waals surface area contributed by atoms with E-state index in [9.17, 15) is 22.8 Å². The standard InChI is InChI=1S/C26H35N3O6S/c1-16(2)12-18(14-23(30)22-15-20-21(29-22)6-5-7-24(20)35-3)26(32)28-19(9-11-36(4,33)34)13-17-8-10-27-25(17)31/h5-7,9,11,15-19,29H,8,10,12-14H2,1-4H3,(H,27,31)(H,28,32)/b11-9+/t17-,18+,19+/m0/s1. The van der Waals surface area contributed by atoms with Crippen LogP contribution in [0.1, 0.15) is 50.0 Å². The van der Waals surface area contributed by atoms with E-state index < -0.39 is 21.8 Å². The van der Waals surface area contributed by atoms with Gasteiger partial charge in [-0.1, -0.05) is 26.0 Å². The molecule has 0 unspecified atom stereocenters. The molecule has 0 aliphatic carbocycles. The first kappa shape index (κ1) is 27.4. The summed E-state index contributed by atoms with van der Waals surface area (Å²) >= 11 is 0. The summed E-state index contributed by atoms with van der Waals surface area (Å²) in [5.74, 6) is -0.772. The Morgan fingerprint density at radius 2 is 2.03 bits per heavy atom. The van der Waals surface area contributed by atoms with Crippen molar-refractivity contribution in [2.45, 2.75) is 45.6 Å². The fourth-order valence-electron chi connectivity index (χ4n) is 4.54. The molecule has 196 valence electrons. The number of ether oxygens (including phenoxy) is 1. The molecule has 1 aliphatic rings.